The second kappa shape index (κ2) is 2.48. The van der Waals surface area contributed by atoms with Gasteiger partial charge in [-0.2, -0.15) is 0 Å². The molecule has 1 fully saturated rings. The van der Waals surface area contributed by atoms with Crippen LogP contribution < -0.4 is 0 Å². The van der Waals surface area contributed by atoms with Crippen molar-refractivity contribution in [3.8, 4) is 0 Å². The van der Waals surface area contributed by atoms with Gasteiger partial charge in [-0.1, -0.05) is 0 Å². The number of carbonyl (C=O) groups is 2. The van der Waals surface area contributed by atoms with Crippen LogP contribution in [0.1, 0.15) is 19.3 Å². The SMILES string of the molecule is O=C(Cl)[C@H]1CCCC1=O. The monoisotopic (exact) mass is 146 g/mol. The fourth-order valence-electron chi connectivity index (χ4n) is 1.06. The average Bonchev–Trinajstić information content (AvgIpc) is 2.13. The van der Waals surface area contributed by atoms with E-state index in [2.05, 4.69) is 0 Å². The van der Waals surface area contributed by atoms with E-state index in [1.807, 2.05) is 0 Å². The van der Waals surface area contributed by atoms with Crippen molar-refractivity contribution in [1.82, 2.24) is 0 Å². The van der Waals surface area contributed by atoms with E-state index in [-0.39, 0.29) is 5.78 Å². The normalized spacial score (nSPS) is 26.8. The minimum Gasteiger partial charge on any atom is -0.299 e. The van der Waals surface area contributed by atoms with Crippen LogP contribution in [0.3, 0.4) is 0 Å². The first kappa shape index (κ1) is 6.75. The topological polar surface area (TPSA) is 34.1 Å². The molecule has 0 aromatic heterocycles. The zero-order valence-corrected chi connectivity index (χ0v) is 5.65. The second-order valence-corrected chi connectivity index (χ2v) is 2.59. The third-order valence-corrected chi connectivity index (χ3v) is 1.84. The number of ketones is 1. The summed E-state index contributed by atoms with van der Waals surface area (Å²) < 4.78 is 0. The molecular formula is C6H7ClO2. The molecule has 0 heterocycles. The zero-order chi connectivity index (χ0) is 6.85. The van der Waals surface area contributed by atoms with Crippen molar-refractivity contribution in [1.29, 1.82) is 0 Å². The molecule has 1 rings (SSSR count). The van der Waals surface area contributed by atoms with Gasteiger partial charge >= 0.3 is 0 Å². The highest BCUT2D eigenvalue weighted by Crippen LogP contribution is 2.22. The van der Waals surface area contributed by atoms with Gasteiger partial charge in [0.05, 0.1) is 5.92 Å². The quantitative estimate of drug-likeness (QED) is 0.411. The van der Waals surface area contributed by atoms with Crippen LogP contribution in [0.15, 0.2) is 0 Å². The number of hydrogen-bond acceptors (Lipinski definition) is 2. The Labute approximate surface area is 58.2 Å². The summed E-state index contributed by atoms with van der Waals surface area (Å²) in [6.45, 7) is 0. The van der Waals surface area contributed by atoms with Crippen molar-refractivity contribution in [2.45, 2.75) is 19.3 Å². The predicted molar refractivity (Wildman–Crippen MR) is 33.2 cm³/mol. The predicted octanol–water partition coefficient (Wildman–Crippen LogP) is 1.12. The molecule has 9 heavy (non-hydrogen) atoms. The molecule has 0 aromatic rings. The third kappa shape index (κ3) is 1.30. The molecule has 0 aliphatic heterocycles. The van der Waals surface area contributed by atoms with E-state index in [1.165, 1.54) is 0 Å². The van der Waals surface area contributed by atoms with Gasteiger partial charge in [0.2, 0.25) is 5.24 Å². The Morgan fingerprint density at radius 3 is 2.56 bits per heavy atom. The maximum atomic E-state index is 10.7. The first-order valence-corrected chi connectivity index (χ1v) is 3.31. The van der Waals surface area contributed by atoms with Crippen LogP contribution >= 0.6 is 11.6 Å². The van der Waals surface area contributed by atoms with Crippen LogP contribution in [-0.2, 0) is 9.59 Å². The molecule has 0 amide bonds. The van der Waals surface area contributed by atoms with Crippen molar-refractivity contribution in [2.75, 3.05) is 0 Å². The van der Waals surface area contributed by atoms with E-state index in [4.69, 9.17) is 11.6 Å². The molecule has 0 radical (unpaired) electrons. The molecule has 0 saturated heterocycles. The Balaban J connectivity index is 2.60. The van der Waals surface area contributed by atoms with Gasteiger partial charge in [-0.15, -0.1) is 0 Å². The maximum absolute atomic E-state index is 10.7. The van der Waals surface area contributed by atoms with Crippen molar-refractivity contribution in [2.24, 2.45) is 5.92 Å². The van der Waals surface area contributed by atoms with Gasteiger partial charge in [0.25, 0.3) is 0 Å². The molecule has 1 saturated carbocycles. The molecule has 0 unspecified atom stereocenters. The van der Waals surface area contributed by atoms with Crippen molar-refractivity contribution < 1.29 is 9.59 Å². The van der Waals surface area contributed by atoms with Gasteiger partial charge in [-0.25, -0.2) is 0 Å². The highest BCUT2D eigenvalue weighted by atomic mass is 35.5. The largest absolute Gasteiger partial charge is 0.299 e. The van der Waals surface area contributed by atoms with Gasteiger partial charge < -0.3 is 0 Å². The highest BCUT2D eigenvalue weighted by molar-refractivity contribution is 6.65. The molecule has 50 valence electrons. The van der Waals surface area contributed by atoms with E-state index in [0.717, 1.165) is 6.42 Å². The summed E-state index contributed by atoms with van der Waals surface area (Å²) in [5.74, 6) is -0.471. The van der Waals surface area contributed by atoms with Gasteiger partial charge in [-0.05, 0) is 24.4 Å². The lowest BCUT2D eigenvalue weighted by molar-refractivity contribution is -0.126. The Kier molecular flexibility index (Phi) is 1.86. The molecule has 1 atom stereocenters. The molecule has 0 aromatic carbocycles. The first-order chi connectivity index (χ1) is 4.22. The molecule has 1 aliphatic rings. The van der Waals surface area contributed by atoms with E-state index >= 15 is 0 Å². The third-order valence-electron chi connectivity index (χ3n) is 1.58. The minimum atomic E-state index is -0.488. The second-order valence-electron chi connectivity index (χ2n) is 2.22. The van der Waals surface area contributed by atoms with Crippen LogP contribution in [0.25, 0.3) is 0 Å². The fourth-order valence-corrected chi connectivity index (χ4v) is 1.29. The lowest BCUT2D eigenvalue weighted by atomic mass is 10.1. The van der Waals surface area contributed by atoms with Crippen LogP contribution in [-0.4, -0.2) is 11.0 Å². The van der Waals surface area contributed by atoms with Crippen molar-refractivity contribution >= 4 is 22.6 Å². The summed E-state index contributed by atoms with van der Waals surface area (Å²) in [7, 11) is 0. The lowest BCUT2D eigenvalue weighted by Gasteiger charge is -1.96. The smallest absolute Gasteiger partial charge is 0.232 e. The maximum Gasteiger partial charge on any atom is 0.232 e. The van der Waals surface area contributed by atoms with Gasteiger partial charge in [0.1, 0.15) is 5.78 Å². The van der Waals surface area contributed by atoms with Gasteiger partial charge in [0.15, 0.2) is 0 Å². The Morgan fingerprint density at radius 2 is 2.33 bits per heavy atom. The molecule has 1 aliphatic carbocycles. The van der Waals surface area contributed by atoms with E-state index in [0.29, 0.717) is 12.8 Å². The number of halogens is 1. The van der Waals surface area contributed by atoms with E-state index in [1.54, 1.807) is 0 Å². The zero-order valence-electron chi connectivity index (χ0n) is 4.89. The summed E-state index contributed by atoms with van der Waals surface area (Å²) in [5.41, 5.74) is 0. The van der Waals surface area contributed by atoms with Gasteiger partial charge in [0, 0.05) is 6.42 Å². The number of Topliss-reactive ketones (excluding diaryl/α,β-unsaturated/α-hetero) is 1. The van der Waals surface area contributed by atoms with E-state index < -0.39 is 11.2 Å². The first-order valence-electron chi connectivity index (χ1n) is 2.94. The minimum absolute atomic E-state index is 0.00926. The summed E-state index contributed by atoms with van der Waals surface area (Å²) >= 11 is 5.12. The molecular weight excluding hydrogens is 140 g/mol. The summed E-state index contributed by atoms with van der Waals surface area (Å²) in [4.78, 5) is 21.1. The Bertz CT molecular complexity index is 153. The number of hydrogen-bond donors (Lipinski definition) is 0. The average molecular weight is 147 g/mol. The molecule has 3 heteroatoms. The van der Waals surface area contributed by atoms with Crippen LogP contribution in [0.4, 0.5) is 0 Å². The van der Waals surface area contributed by atoms with Gasteiger partial charge in [-0.3, -0.25) is 9.59 Å². The van der Waals surface area contributed by atoms with Crippen LogP contribution in [0, 0.1) is 5.92 Å². The lowest BCUT2D eigenvalue weighted by Crippen LogP contribution is -2.12. The van der Waals surface area contributed by atoms with Crippen molar-refractivity contribution in [3.63, 3.8) is 0 Å². The van der Waals surface area contributed by atoms with Crippen molar-refractivity contribution in [3.05, 3.63) is 0 Å². The molecule has 0 spiro atoms. The number of rotatable bonds is 1. The summed E-state index contributed by atoms with van der Waals surface area (Å²) in [6, 6.07) is 0. The molecule has 2 nitrogen and oxygen atoms in total. The fraction of sp³-hybridized carbons (Fsp3) is 0.667. The van der Waals surface area contributed by atoms with Crippen LogP contribution in [0.5, 0.6) is 0 Å². The van der Waals surface area contributed by atoms with E-state index in [9.17, 15) is 9.59 Å². The Hall–Kier alpha value is -0.370. The summed E-state index contributed by atoms with van der Waals surface area (Å²) in [6.07, 6.45) is 2.01. The Morgan fingerprint density at radius 1 is 1.67 bits per heavy atom. The summed E-state index contributed by atoms with van der Waals surface area (Å²) in [5, 5.41) is -0.488. The molecule has 0 bridgehead atoms. The highest BCUT2D eigenvalue weighted by Gasteiger charge is 2.29. The van der Waals surface area contributed by atoms with Crippen LogP contribution in [0.2, 0.25) is 0 Å². The number of carbonyl (C=O) groups excluding carboxylic acids is 2. The standard InChI is InChI=1S/C6H7ClO2/c7-6(9)4-2-1-3-5(4)8/h4H,1-3H2/t4-/m0/s1. The molecule has 0 N–H and O–H groups in total.